The number of hydrogen-bond acceptors (Lipinski definition) is 7. The van der Waals surface area contributed by atoms with E-state index in [0.717, 1.165) is 6.26 Å². The fraction of sp³-hybridized carbons (Fsp3) is 0.667. The van der Waals surface area contributed by atoms with Crippen LogP contribution in [0.5, 0.6) is 0 Å². The van der Waals surface area contributed by atoms with E-state index in [1.165, 1.54) is 12.5 Å². The first kappa shape index (κ1) is 18.0. The average Bonchev–Trinajstić information content (AvgIpc) is 2.96. The van der Waals surface area contributed by atoms with Crippen molar-refractivity contribution in [2.75, 3.05) is 12.9 Å². The summed E-state index contributed by atoms with van der Waals surface area (Å²) in [5.74, 6) is -1.55. The Balaban J connectivity index is 2.36. The Hall–Kier alpha value is -1.38. The maximum Gasteiger partial charge on any atom is 0.312 e. The second-order valence-corrected chi connectivity index (χ2v) is 7.60. The van der Waals surface area contributed by atoms with Crippen molar-refractivity contribution >= 4 is 16.1 Å². The van der Waals surface area contributed by atoms with Crippen molar-refractivity contribution in [3.05, 3.63) is 24.2 Å². The fourth-order valence-electron chi connectivity index (χ4n) is 3.09. The number of aliphatic hydroxyl groups is 1. The SMILES string of the molecule is CCOC(=O)[C@@H]1C[C@H](C)[C@H](OS(C)(=O)=O)C[C@@]1(O)c1ccoc1. The van der Waals surface area contributed by atoms with Gasteiger partial charge in [0.1, 0.15) is 5.60 Å². The first-order chi connectivity index (χ1) is 10.7. The normalized spacial score (nSPS) is 31.7. The quantitative estimate of drug-likeness (QED) is 0.635. The molecule has 1 aliphatic rings. The van der Waals surface area contributed by atoms with Crippen LogP contribution in [0.1, 0.15) is 32.3 Å². The molecule has 1 N–H and O–H groups in total. The predicted octanol–water partition coefficient (Wildman–Crippen LogP) is 1.42. The van der Waals surface area contributed by atoms with Gasteiger partial charge in [-0.3, -0.25) is 8.98 Å². The van der Waals surface area contributed by atoms with E-state index in [1.807, 2.05) is 0 Å². The number of esters is 1. The van der Waals surface area contributed by atoms with Crippen LogP contribution in [0.15, 0.2) is 23.0 Å². The summed E-state index contributed by atoms with van der Waals surface area (Å²) in [6.07, 6.45) is 3.19. The summed E-state index contributed by atoms with van der Waals surface area (Å²) in [7, 11) is -3.67. The fourth-order valence-corrected chi connectivity index (χ4v) is 3.79. The Morgan fingerprint density at radius 1 is 1.52 bits per heavy atom. The molecular weight excluding hydrogens is 324 g/mol. The lowest BCUT2D eigenvalue weighted by atomic mass is 9.67. The van der Waals surface area contributed by atoms with Crippen LogP contribution in [0, 0.1) is 11.8 Å². The van der Waals surface area contributed by atoms with E-state index in [4.69, 9.17) is 13.3 Å². The number of carbonyl (C=O) groups excluding carboxylic acids is 1. The van der Waals surface area contributed by atoms with E-state index in [1.54, 1.807) is 19.9 Å². The zero-order valence-corrected chi connectivity index (χ0v) is 14.2. The molecule has 1 saturated carbocycles. The van der Waals surface area contributed by atoms with Crippen LogP contribution in [0.3, 0.4) is 0 Å². The molecule has 0 aromatic carbocycles. The number of hydrogen-bond donors (Lipinski definition) is 1. The van der Waals surface area contributed by atoms with Gasteiger partial charge < -0.3 is 14.3 Å². The maximum atomic E-state index is 12.3. The van der Waals surface area contributed by atoms with Crippen molar-refractivity contribution in [1.82, 2.24) is 0 Å². The molecule has 0 bridgehead atoms. The van der Waals surface area contributed by atoms with Crippen LogP contribution in [-0.2, 0) is 29.4 Å². The Kier molecular flexibility index (Phi) is 5.17. The molecule has 0 saturated heterocycles. The molecule has 130 valence electrons. The summed E-state index contributed by atoms with van der Waals surface area (Å²) in [5.41, 5.74) is -1.19. The molecule has 0 amide bonds. The van der Waals surface area contributed by atoms with Crippen LogP contribution < -0.4 is 0 Å². The molecule has 7 nitrogen and oxygen atoms in total. The zero-order valence-electron chi connectivity index (χ0n) is 13.4. The molecule has 0 radical (unpaired) electrons. The van der Waals surface area contributed by atoms with Crippen molar-refractivity contribution in [2.24, 2.45) is 11.8 Å². The van der Waals surface area contributed by atoms with Crippen LogP contribution in [0.2, 0.25) is 0 Å². The Bertz CT molecular complexity index is 637. The number of carbonyl (C=O) groups is 1. The summed E-state index contributed by atoms with van der Waals surface area (Å²) < 4.78 is 38.1. The van der Waals surface area contributed by atoms with Crippen molar-refractivity contribution in [3.8, 4) is 0 Å². The van der Waals surface area contributed by atoms with Crippen LogP contribution in [0.25, 0.3) is 0 Å². The van der Waals surface area contributed by atoms with Gasteiger partial charge in [-0.05, 0) is 25.3 Å². The number of furan rings is 1. The van der Waals surface area contributed by atoms with Crippen molar-refractivity contribution < 1.29 is 31.7 Å². The van der Waals surface area contributed by atoms with Gasteiger partial charge in [0.15, 0.2) is 0 Å². The van der Waals surface area contributed by atoms with Gasteiger partial charge in [0.25, 0.3) is 10.1 Å². The molecule has 1 aromatic rings. The molecule has 8 heteroatoms. The Morgan fingerprint density at radius 3 is 2.74 bits per heavy atom. The maximum absolute atomic E-state index is 12.3. The molecular formula is C15H22O7S. The smallest absolute Gasteiger partial charge is 0.312 e. The Labute approximate surface area is 135 Å². The first-order valence-corrected chi connectivity index (χ1v) is 9.29. The molecule has 0 unspecified atom stereocenters. The third-order valence-corrected chi connectivity index (χ3v) is 4.82. The molecule has 0 spiro atoms. The van der Waals surface area contributed by atoms with Gasteiger partial charge in [0, 0.05) is 12.0 Å². The molecule has 1 fully saturated rings. The van der Waals surface area contributed by atoms with Gasteiger partial charge in [0.2, 0.25) is 0 Å². The summed E-state index contributed by atoms with van der Waals surface area (Å²) >= 11 is 0. The highest BCUT2D eigenvalue weighted by Crippen LogP contribution is 2.46. The molecule has 4 atom stereocenters. The van der Waals surface area contributed by atoms with Gasteiger partial charge >= 0.3 is 5.97 Å². The minimum Gasteiger partial charge on any atom is -0.472 e. The van der Waals surface area contributed by atoms with Crippen LogP contribution >= 0.6 is 0 Å². The monoisotopic (exact) mass is 346 g/mol. The lowest BCUT2D eigenvalue weighted by molar-refractivity contribution is -0.171. The van der Waals surface area contributed by atoms with E-state index in [0.29, 0.717) is 5.56 Å². The second-order valence-electron chi connectivity index (χ2n) is 6.00. The molecule has 1 heterocycles. The zero-order chi connectivity index (χ0) is 17.3. The topological polar surface area (TPSA) is 103 Å². The summed E-state index contributed by atoms with van der Waals surface area (Å²) in [6, 6.07) is 1.56. The molecule has 23 heavy (non-hydrogen) atoms. The van der Waals surface area contributed by atoms with Crippen molar-refractivity contribution in [2.45, 2.75) is 38.4 Å². The lowest BCUT2D eigenvalue weighted by Crippen LogP contribution is -2.50. The highest BCUT2D eigenvalue weighted by molar-refractivity contribution is 7.86. The largest absolute Gasteiger partial charge is 0.472 e. The van der Waals surface area contributed by atoms with E-state index in [2.05, 4.69) is 0 Å². The molecule has 0 aliphatic heterocycles. The van der Waals surface area contributed by atoms with Gasteiger partial charge in [0.05, 0.1) is 37.4 Å². The summed E-state index contributed by atoms with van der Waals surface area (Å²) in [5, 5.41) is 11.1. The van der Waals surface area contributed by atoms with Gasteiger partial charge in [-0.1, -0.05) is 6.92 Å². The first-order valence-electron chi connectivity index (χ1n) is 7.47. The highest BCUT2D eigenvalue weighted by Gasteiger charge is 2.52. The minimum atomic E-state index is -3.67. The van der Waals surface area contributed by atoms with Crippen molar-refractivity contribution in [1.29, 1.82) is 0 Å². The van der Waals surface area contributed by atoms with Gasteiger partial charge in [-0.15, -0.1) is 0 Å². The summed E-state index contributed by atoms with van der Waals surface area (Å²) in [6.45, 7) is 3.68. The molecule has 1 aliphatic carbocycles. The Morgan fingerprint density at radius 2 is 2.22 bits per heavy atom. The summed E-state index contributed by atoms with van der Waals surface area (Å²) in [4.78, 5) is 12.3. The molecule has 2 rings (SSSR count). The number of ether oxygens (including phenoxy) is 1. The number of rotatable bonds is 5. The third kappa shape index (κ3) is 3.94. The van der Waals surface area contributed by atoms with E-state index < -0.39 is 33.7 Å². The second kappa shape index (κ2) is 6.62. The third-order valence-electron chi connectivity index (χ3n) is 4.22. The molecule has 1 aromatic heterocycles. The van der Waals surface area contributed by atoms with Gasteiger partial charge in [-0.25, -0.2) is 0 Å². The predicted molar refractivity (Wildman–Crippen MR) is 80.8 cm³/mol. The van der Waals surface area contributed by atoms with Crippen LogP contribution in [-0.4, -0.2) is 38.5 Å². The minimum absolute atomic E-state index is 0.0374. The van der Waals surface area contributed by atoms with Crippen LogP contribution in [0.4, 0.5) is 0 Å². The van der Waals surface area contributed by atoms with E-state index in [9.17, 15) is 18.3 Å². The highest BCUT2D eigenvalue weighted by atomic mass is 32.2. The standard InChI is InChI=1S/C15H22O7S/c1-4-21-14(16)12-7-10(2)13(22-23(3,18)19)8-15(12,17)11-5-6-20-9-11/h5-6,9-10,12-13,17H,4,7-8H2,1-3H3/t10-,12-,13+,15+/m0/s1. The van der Waals surface area contributed by atoms with Gasteiger partial charge in [-0.2, -0.15) is 8.42 Å². The van der Waals surface area contributed by atoms with Crippen molar-refractivity contribution in [3.63, 3.8) is 0 Å². The lowest BCUT2D eigenvalue weighted by Gasteiger charge is -2.43. The van der Waals surface area contributed by atoms with E-state index in [-0.39, 0.29) is 25.4 Å². The van der Waals surface area contributed by atoms with E-state index >= 15 is 0 Å². The average molecular weight is 346 g/mol.